The molecule has 0 bridgehead atoms. The Hall–Kier alpha value is -3.19. The van der Waals surface area contributed by atoms with Crippen LogP contribution in [0.25, 0.3) is 0 Å². The monoisotopic (exact) mass is 465 g/mol. The molecule has 0 saturated heterocycles. The molecule has 1 aliphatic carbocycles. The molecule has 0 saturated carbocycles. The zero-order valence-electron chi connectivity index (χ0n) is 18.9. The van der Waals surface area contributed by atoms with Crippen molar-refractivity contribution < 1.29 is 22.7 Å². The van der Waals surface area contributed by atoms with Crippen LogP contribution in [0.15, 0.2) is 88.8 Å². The Balaban J connectivity index is 1.86. The summed E-state index contributed by atoms with van der Waals surface area (Å²) >= 11 is 0. The van der Waals surface area contributed by atoms with E-state index in [0.29, 0.717) is 10.8 Å². The van der Waals surface area contributed by atoms with E-state index in [1.807, 2.05) is 73.7 Å². The first-order valence-corrected chi connectivity index (χ1v) is 12.6. The maximum absolute atomic E-state index is 13.4. The fraction of sp³-hybridized carbons (Fsp3) is 0.308. The SMILES string of the molecule is COC(=O)[C@@]1(Cc2ccccc2)N=C(c2ccccc2)O[C@H]1C1(C)C=CC=C(S(C)(=O)=O)C1. The van der Waals surface area contributed by atoms with Crippen molar-refractivity contribution in [1.82, 2.24) is 0 Å². The molecule has 1 heterocycles. The fourth-order valence-corrected chi connectivity index (χ4v) is 5.51. The second kappa shape index (κ2) is 8.63. The molecule has 0 fully saturated rings. The zero-order chi connectivity index (χ0) is 23.7. The summed E-state index contributed by atoms with van der Waals surface area (Å²) in [6.45, 7) is 1.90. The van der Waals surface area contributed by atoms with Crippen molar-refractivity contribution >= 4 is 21.7 Å². The van der Waals surface area contributed by atoms with Crippen molar-refractivity contribution in [2.45, 2.75) is 31.4 Å². The van der Waals surface area contributed by atoms with Crippen molar-refractivity contribution in [3.8, 4) is 0 Å². The summed E-state index contributed by atoms with van der Waals surface area (Å²) < 4.78 is 36.4. The van der Waals surface area contributed by atoms with Gasteiger partial charge in [-0.2, -0.15) is 0 Å². The summed E-state index contributed by atoms with van der Waals surface area (Å²) in [6.07, 6.45) is 6.07. The second-order valence-corrected chi connectivity index (χ2v) is 10.9. The van der Waals surface area contributed by atoms with Crippen molar-refractivity contribution in [2.24, 2.45) is 10.4 Å². The molecule has 172 valence electrons. The molecule has 3 atom stereocenters. The van der Waals surface area contributed by atoms with Crippen molar-refractivity contribution in [3.63, 3.8) is 0 Å². The van der Waals surface area contributed by atoms with E-state index in [0.717, 1.165) is 11.1 Å². The minimum Gasteiger partial charge on any atom is -0.470 e. The number of sulfone groups is 1. The summed E-state index contributed by atoms with van der Waals surface area (Å²) in [5.41, 5.74) is -0.573. The van der Waals surface area contributed by atoms with Gasteiger partial charge in [0.1, 0.15) is 6.10 Å². The molecule has 7 heteroatoms. The summed E-state index contributed by atoms with van der Waals surface area (Å²) in [4.78, 5) is 18.6. The van der Waals surface area contributed by atoms with Crippen LogP contribution >= 0.6 is 0 Å². The first-order chi connectivity index (χ1) is 15.7. The van der Waals surface area contributed by atoms with Gasteiger partial charge in [-0.05, 0) is 30.2 Å². The van der Waals surface area contributed by atoms with Gasteiger partial charge >= 0.3 is 5.97 Å². The predicted molar refractivity (Wildman–Crippen MR) is 128 cm³/mol. The molecular formula is C26H27NO5S. The number of ether oxygens (including phenoxy) is 2. The average Bonchev–Trinajstić information content (AvgIpc) is 3.21. The third-order valence-electron chi connectivity index (χ3n) is 6.23. The third kappa shape index (κ3) is 4.37. The lowest BCUT2D eigenvalue weighted by atomic mass is 9.69. The number of aliphatic imine (C=N–C) groups is 1. The number of carbonyl (C=O) groups is 1. The molecule has 2 aromatic rings. The van der Waals surface area contributed by atoms with Crippen LogP contribution < -0.4 is 0 Å². The van der Waals surface area contributed by atoms with Crippen LogP contribution in [0.3, 0.4) is 0 Å². The van der Waals surface area contributed by atoms with Crippen molar-refractivity contribution in [2.75, 3.05) is 13.4 Å². The van der Waals surface area contributed by atoms with Crippen molar-refractivity contribution in [1.29, 1.82) is 0 Å². The normalized spacial score (nSPS) is 26.8. The number of hydrogen-bond acceptors (Lipinski definition) is 6. The minimum atomic E-state index is -3.41. The molecule has 0 N–H and O–H groups in total. The Morgan fingerprint density at radius 1 is 1.12 bits per heavy atom. The van der Waals surface area contributed by atoms with E-state index >= 15 is 0 Å². The van der Waals surface area contributed by atoms with Gasteiger partial charge in [0.05, 0.1) is 7.11 Å². The van der Waals surface area contributed by atoms with E-state index < -0.39 is 32.9 Å². The zero-order valence-corrected chi connectivity index (χ0v) is 19.7. The molecule has 2 aliphatic rings. The number of rotatable bonds is 6. The molecular weight excluding hydrogens is 438 g/mol. The first kappa shape index (κ1) is 23.0. The number of esters is 1. The molecule has 0 spiro atoms. The Labute approximate surface area is 194 Å². The highest BCUT2D eigenvalue weighted by Crippen LogP contribution is 2.47. The van der Waals surface area contributed by atoms with Crippen LogP contribution in [0.1, 0.15) is 24.5 Å². The maximum Gasteiger partial charge on any atom is 0.338 e. The lowest BCUT2D eigenvalue weighted by molar-refractivity contribution is -0.152. The van der Waals surface area contributed by atoms with E-state index in [2.05, 4.69) is 0 Å². The van der Waals surface area contributed by atoms with Crippen LogP contribution in [-0.2, 0) is 30.5 Å². The van der Waals surface area contributed by atoms with E-state index in [-0.39, 0.29) is 12.8 Å². The predicted octanol–water partition coefficient (Wildman–Crippen LogP) is 3.88. The molecule has 1 aliphatic heterocycles. The summed E-state index contributed by atoms with van der Waals surface area (Å²) in [5, 5.41) is 0. The van der Waals surface area contributed by atoms with Gasteiger partial charge < -0.3 is 9.47 Å². The van der Waals surface area contributed by atoms with Gasteiger partial charge in [0, 0.05) is 28.6 Å². The van der Waals surface area contributed by atoms with Gasteiger partial charge in [0.2, 0.25) is 11.4 Å². The smallest absolute Gasteiger partial charge is 0.338 e. The fourth-order valence-electron chi connectivity index (χ4n) is 4.61. The van der Waals surface area contributed by atoms with Gasteiger partial charge in [0.25, 0.3) is 0 Å². The lowest BCUT2D eigenvalue weighted by Gasteiger charge is -2.41. The van der Waals surface area contributed by atoms with Crippen LogP contribution in [0.2, 0.25) is 0 Å². The van der Waals surface area contributed by atoms with E-state index in [1.54, 1.807) is 12.2 Å². The van der Waals surface area contributed by atoms with Gasteiger partial charge in [-0.3, -0.25) is 0 Å². The van der Waals surface area contributed by atoms with E-state index in [4.69, 9.17) is 14.5 Å². The molecule has 0 aromatic heterocycles. The molecule has 4 rings (SSSR count). The third-order valence-corrected chi connectivity index (χ3v) is 7.46. The number of nitrogens with zero attached hydrogens (tertiary/aromatic N) is 1. The van der Waals surface area contributed by atoms with Crippen LogP contribution in [0.4, 0.5) is 0 Å². The van der Waals surface area contributed by atoms with Gasteiger partial charge in [-0.1, -0.05) is 67.6 Å². The average molecular weight is 466 g/mol. The Bertz CT molecular complexity index is 1230. The molecule has 1 unspecified atom stereocenters. The van der Waals surface area contributed by atoms with Crippen LogP contribution in [0.5, 0.6) is 0 Å². The Morgan fingerprint density at radius 2 is 1.76 bits per heavy atom. The summed E-state index contributed by atoms with van der Waals surface area (Å²) in [7, 11) is -2.08. The van der Waals surface area contributed by atoms with Crippen LogP contribution in [0, 0.1) is 5.41 Å². The summed E-state index contributed by atoms with van der Waals surface area (Å²) in [6, 6.07) is 18.9. The minimum absolute atomic E-state index is 0.193. The Kier molecular flexibility index (Phi) is 6.01. The van der Waals surface area contributed by atoms with Crippen LogP contribution in [-0.4, -0.2) is 45.3 Å². The topological polar surface area (TPSA) is 82.0 Å². The molecule has 2 aromatic carbocycles. The van der Waals surface area contributed by atoms with E-state index in [1.165, 1.54) is 13.4 Å². The highest BCUT2D eigenvalue weighted by Gasteiger charge is 2.60. The largest absolute Gasteiger partial charge is 0.470 e. The van der Waals surface area contributed by atoms with E-state index in [9.17, 15) is 13.2 Å². The lowest BCUT2D eigenvalue weighted by Crippen LogP contribution is -2.55. The second-order valence-electron chi connectivity index (χ2n) is 8.81. The number of allylic oxidation sites excluding steroid dienone is 3. The number of benzene rings is 2. The number of methoxy groups -OCH3 is 1. The first-order valence-electron chi connectivity index (χ1n) is 10.7. The molecule has 0 radical (unpaired) electrons. The highest BCUT2D eigenvalue weighted by molar-refractivity contribution is 7.94. The van der Waals surface area contributed by atoms with Crippen molar-refractivity contribution in [3.05, 3.63) is 94.9 Å². The maximum atomic E-state index is 13.4. The molecule has 33 heavy (non-hydrogen) atoms. The summed E-state index contributed by atoms with van der Waals surface area (Å²) in [5.74, 6) is -0.181. The molecule has 6 nitrogen and oxygen atoms in total. The standard InChI is InChI=1S/C26H27NO5S/c1-25(16-10-15-21(18-25)33(3,29)30)23-26(24(28)31-2,17-19-11-6-4-7-12-19)27-22(32-23)20-13-8-5-9-14-20/h4-16,23H,17-18H2,1-3H3/t23-,25?,26-/m0/s1. The van der Waals surface area contributed by atoms with Gasteiger partial charge in [-0.15, -0.1) is 0 Å². The van der Waals surface area contributed by atoms with Gasteiger partial charge in [-0.25, -0.2) is 18.2 Å². The highest BCUT2D eigenvalue weighted by atomic mass is 32.2. The number of carbonyl (C=O) groups excluding carboxylic acids is 1. The molecule has 0 amide bonds. The number of hydrogen-bond donors (Lipinski definition) is 0. The Morgan fingerprint density at radius 3 is 2.36 bits per heavy atom. The quantitative estimate of drug-likeness (QED) is 0.605. The van der Waals surface area contributed by atoms with Gasteiger partial charge in [0.15, 0.2) is 9.84 Å².